The number of anilines is 2. The molecule has 1 aromatic rings. The number of aliphatic hydroxyl groups excluding tert-OH is 1. The molecule has 4 amide bonds. The number of benzene rings is 1. The zero-order chi connectivity index (χ0) is 33.4. The first kappa shape index (κ1) is 34.0. The number of carbonyl (C=O) groups is 4. The number of nitrogens with zero attached hydrogens (tertiary/aromatic N) is 3. The van der Waals surface area contributed by atoms with Gasteiger partial charge in [0.2, 0.25) is 11.8 Å². The third-order valence-corrected chi connectivity index (χ3v) is 9.15. The van der Waals surface area contributed by atoms with E-state index in [0.717, 1.165) is 19.3 Å². The van der Waals surface area contributed by atoms with Crippen LogP contribution in [0.15, 0.2) is 18.2 Å². The molecule has 0 bridgehead atoms. The van der Waals surface area contributed by atoms with Gasteiger partial charge in [-0.25, -0.2) is 4.79 Å². The molecule has 12 nitrogen and oxygen atoms in total. The number of aliphatic hydroxyl groups is 1. The van der Waals surface area contributed by atoms with Gasteiger partial charge in [-0.1, -0.05) is 0 Å². The number of fused-ring (bicyclic) bond motifs is 1. The summed E-state index contributed by atoms with van der Waals surface area (Å²) in [6.07, 6.45) is 3.54. The van der Waals surface area contributed by atoms with Gasteiger partial charge in [-0.3, -0.25) is 14.4 Å². The highest BCUT2D eigenvalue weighted by Gasteiger charge is 2.45. The third kappa shape index (κ3) is 7.60. The molecule has 254 valence electrons. The van der Waals surface area contributed by atoms with Crippen molar-refractivity contribution in [2.45, 2.75) is 109 Å². The Balaban J connectivity index is 1.42. The van der Waals surface area contributed by atoms with Gasteiger partial charge in [-0.15, -0.1) is 0 Å². The average Bonchev–Trinajstić information content (AvgIpc) is 3.74. The summed E-state index contributed by atoms with van der Waals surface area (Å²) < 4.78 is 17.0. The summed E-state index contributed by atoms with van der Waals surface area (Å²) in [4.78, 5) is 59.6. The molecule has 46 heavy (non-hydrogen) atoms. The number of hydrogen-bond acceptors (Lipinski definition) is 8. The van der Waals surface area contributed by atoms with Gasteiger partial charge in [-0.05, 0) is 97.8 Å². The molecule has 2 saturated carbocycles. The SMILES string of the molecule is COCCCN1C(=O)C(C)(C)Oc2ccc(N(C(=O)[C@@H]3C[C@H](C(=O)NC4CCC[C@H]4O)CN(C(=O)OC(C)(C)C)C3)C3CC3)cc21. The molecule has 1 aromatic carbocycles. The highest BCUT2D eigenvalue weighted by molar-refractivity contribution is 6.04. The van der Waals surface area contributed by atoms with Crippen LogP contribution < -0.4 is 19.9 Å². The zero-order valence-corrected chi connectivity index (χ0v) is 28.0. The third-order valence-electron chi connectivity index (χ3n) is 9.15. The lowest BCUT2D eigenvalue weighted by Crippen LogP contribution is -2.55. The van der Waals surface area contributed by atoms with Crippen molar-refractivity contribution in [1.82, 2.24) is 10.2 Å². The lowest BCUT2D eigenvalue weighted by Gasteiger charge is -2.40. The number of amides is 4. The number of ether oxygens (including phenoxy) is 3. The Kier molecular flexibility index (Phi) is 9.89. The van der Waals surface area contributed by atoms with Crippen molar-refractivity contribution in [3.8, 4) is 5.75 Å². The van der Waals surface area contributed by atoms with Gasteiger partial charge in [0.25, 0.3) is 5.91 Å². The van der Waals surface area contributed by atoms with Crippen LogP contribution in [0.4, 0.5) is 16.2 Å². The Morgan fingerprint density at radius 1 is 1.11 bits per heavy atom. The summed E-state index contributed by atoms with van der Waals surface area (Å²) in [5, 5.41) is 13.3. The van der Waals surface area contributed by atoms with E-state index in [2.05, 4.69) is 5.32 Å². The average molecular weight is 643 g/mol. The predicted molar refractivity (Wildman–Crippen MR) is 172 cm³/mol. The maximum Gasteiger partial charge on any atom is 0.410 e. The lowest BCUT2D eigenvalue weighted by atomic mass is 9.87. The summed E-state index contributed by atoms with van der Waals surface area (Å²) in [6, 6.07) is 5.13. The molecule has 0 radical (unpaired) electrons. The van der Waals surface area contributed by atoms with Crippen LogP contribution in [-0.4, -0.2) is 96.6 Å². The first-order valence-electron chi connectivity index (χ1n) is 16.6. The van der Waals surface area contributed by atoms with Crippen LogP contribution in [0.25, 0.3) is 0 Å². The van der Waals surface area contributed by atoms with Crippen LogP contribution in [0.1, 0.15) is 79.6 Å². The lowest BCUT2D eigenvalue weighted by molar-refractivity contribution is -0.133. The molecule has 1 unspecified atom stereocenters. The number of piperidine rings is 1. The molecule has 0 aromatic heterocycles. The van der Waals surface area contributed by atoms with Crippen molar-refractivity contribution in [3.63, 3.8) is 0 Å². The minimum Gasteiger partial charge on any atom is -0.476 e. The van der Waals surface area contributed by atoms with E-state index in [1.165, 1.54) is 4.90 Å². The van der Waals surface area contributed by atoms with Gasteiger partial charge in [0, 0.05) is 45.1 Å². The summed E-state index contributed by atoms with van der Waals surface area (Å²) in [5.41, 5.74) is -0.539. The molecule has 4 aliphatic rings. The number of nitrogens with one attached hydrogen (secondary N) is 1. The molecule has 12 heteroatoms. The largest absolute Gasteiger partial charge is 0.476 e. The fraction of sp³-hybridized carbons (Fsp3) is 0.706. The second kappa shape index (κ2) is 13.4. The van der Waals surface area contributed by atoms with Crippen molar-refractivity contribution in [2.24, 2.45) is 11.8 Å². The highest BCUT2D eigenvalue weighted by atomic mass is 16.6. The van der Waals surface area contributed by atoms with Crippen molar-refractivity contribution in [1.29, 1.82) is 0 Å². The Labute approximate surface area is 271 Å². The van der Waals surface area contributed by atoms with Crippen LogP contribution in [0.2, 0.25) is 0 Å². The summed E-state index contributed by atoms with van der Waals surface area (Å²) in [7, 11) is 1.62. The van der Waals surface area contributed by atoms with Crippen LogP contribution >= 0.6 is 0 Å². The van der Waals surface area contributed by atoms with Crippen molar-refractivity contribution in [2.75, 3.05) is 43.2 Å². The van der Waals surface area contributed by atoms with E-state index in [0.29, 0.717) is 49.5 Å². The van der Waals surface area contributed by atoms with Crippen molar-refractivity contribution < 1.29 is 38.5 Å². The molecule has 2 heterocycles. The smallest absolute Gasteiger partial charge is 0.410 e. The van der Waals surface area contributed by atoms with E-state index in [1.807, 2.05) is 18.2 Å². The van der Waals surface area contributed by atoms with E-state index in [1.54, 1.807) is 51.5 Å². The predicted octanol–water partition coefficient (Wildman–Crippen LogP) is 3.63. The standard InChI is InChI=1S/C34H50N4O8/c1-33(2,3)46-32(43)36-19-21(29(40)35-25-9-7-10-27(25)39)17-22(20-36)30(41)38(23-11-12-23)24-13-14-28-26(18-24)37(15-8-16-44-6)31(42)34(4,5)45-28/h13-14,18,21-23,25,27,39H,7-12,15-17,19-20H2,1-6H3,(H,35,40)/t21-,22+,25?,27+/m0/s1. The molecular weight excluding hydrogens is 592 g/mol. The van der Waals surface area contributed by atoms with E-state index >= 15 is 0 Å². The van der Waals surface area contributed by atoms with Crippen LogP contribution in [0.3, 0.4) is 0 Å². The highest BCUT2D eigenvalue weighted by Crippen LogP contribution is 2.43. The first-order chi connectivity index (χ1) is 21.7. The summed E-state index contributed by atoms with van der Waals surface area (Å²) in [5.74, 6) is -1.35. The first-order valence-corrected chi connectivity index (χ1v) is 16.6. The van der Waals surface area contributed by atoms with Gasteiger partial charge in [0.05, 0.1) is 29.7 Å². The molecule has 0 spiro atoms. The van der Waals surface area contributed by atoms with E-state index < -0.39 is 35.2 Å². The normalized spacial score (nSPS) is 25.8. The molecular formula is C34H50N4O8. The minimum atomic E-state index is -1.04. The van der Waals surface area contributed by atoms with Crippen LogP contribution in [0.5, 0.6) is 5.75 Å². The molecule has 2 aliphatic carbocycles. The Morgan fingerprint density at radius 2 is 1.83 bits per heavy atom. The molecule has 1 saturated heterocycles. The van der Waals surface area contributed by atoms with Gasteiger partial charge < -0.3 is 39.3 Å². The number of likely N-dealkylation sites (tertiary alicyclic amines) is 1. The number of hydrogen-bond donors (Lipinski definition) is 2. The van der Waals surface area contributed by atoms with E-state index in [9.17, 15) is 24.3 Å². The van der Waals surface area contributed by atoms with Crippen LogP contribution in [0, 0.1) is 11.8 Å². The van der Waals surface area contributed by atoms with Gasteiger partial charge in [0.1, 0.15) is 11.4 Å². The number of carbonyl (C=O) groups excluding carboxylic acids is 4. The second-order valence-electron chi connectivity index (χ2n) is 14.6. The quantitative estimate of drug-likeness (QED) is 0.390. The molecule has 3 fully saturated rings. The second-order valence-corrected chi connectivity index (χ2v) is 14.6. The Morgan fingerprint density at radius 3 is 2.46 bits per heavy atom. The van der Waals surface area contributed by atoms with Crippen molar-refractivity contribution in [3.05, 3.63) is 18.2 Å². The maximum atomic E-state index is 14.5. The maximum absolute atomic E-state index is 14.5. The summed E-state index contributed by atoms with van der Waals surface area (Å²) >= 11 is 0. The van der Waals surface area contributed by atoms with Gasteiger partial charge in [0.15, 0.2) is 5.60 Å². The summed E-state index contributed by atoms with van der Waals surface area (Å²) in [6.45, 7) is 10.0. The van der Waals surface area contributed by atoms with Crippen LogP contribution in [-0.2, 0) is 23.9 Å². The monoisotopic (exact) mass is 642 g/mol. The molecule has 2 aliphatic heterocycles. The Hall–Kier alpha value is -3.38. The number of rotatable bonds is 9. The van der Waals surface area contributed by atoms with E-state index in [-0.39, 0.29) is 49.3 Å². The minimum absolute atomic E-state index is 0.0260. The van der Waals surface area contributed by atoms with Gasteiger partial charge in [-0.2, -0.15) is 0 Å². The van der Waals surface area contributed by atoms with E-state index in [4.69, 9.17) is 14.2 Å². The fourth-order valence-electron chi connectivity index (χ4n) is 6.70. The Bertz CT molecular complexity index is 1320. The van der Waals surface area contributed by atoms with Crippen molar-refractivity contribution >= 4 is 35.2 Å². The topological polar surface area (TPSA) is 138 Å². The molecule has 4 atom stereocenters. The molecule has 2 N–H and O–H groups in total. The fourth-order valence-corrected chi connectivity index (χ4v) is 6.70. The zero-order valence-electron chi connectivity index (χ0n) is 28.0. The molecule has 5 rings (SSSR count). The van der Waals surface area contributed by atoms with Gasteiger partial charge >= 0.3 is 6.09 Å². The number of methoxy groups -OCH3 is 1.